The molecule has 5 nitrogen and oxygen atoms in total. The van der Waals surface area contributed by atoms with Crippen LogP contribution in [0.25, 0.3) is 0 Å². The van der Waals surface area contributed by atoms with Gasteiger partial charge >= 0.3 is 0 Å². The van der Waals surface area contributed by atoms with Gasteiger partial charge in [0.05, 0.1) is 46.4 Å². The molecule has 0 aliphatic heterocycles. The van der Waals surface area contributed by atoms with Crippen LogP contribution in [0.1, 0.15) is 85.0 Å². The molecule has 0 saturated heterocycles. The molecule has 0 radical (unpaired) electrons. The van der Waals surface area contributed by atoms with E-state index in [-0.39, 0.29) is 41.9 Å². The molecule has 0 spiro atoms. The summed E-state index contributed by atoms with van der Waals surface area (Å²) >= 11 is 0. The second-order valence-electron chi connectivity index (χ2n) is 14.3. The molecular formula is C29H53ClN2O3. The highest BCUT2D eigenvalue weighted by Crippen LogP contribution is 2.68. The van der Waals surface area contributed by atoms with Crippen LogP contribution in [-0.2, 0) is 4.79 Å². The fourth-order valence-corrected chi connectivity index (χ4v) is 9.43. The van der Waals surface area contributed by atoms with E-state index in [1.165, 1.54) is 25.7 Å². The second kappa shape index (κ2) is 10.8. The molecule has 4 saturated carbocycles. The molecule has 204 valence electrons. The number of fused-ring (bicyclic) bond motifs is 5. The minimum Gasteiger partial charge on any atom is -1.00 e. The monoisotopic (exact) mass is 512 g/mol. The maximum absolute atomic E-state index is 12.5. The van der Waals surface area contributed by atoms with Crippen LogP contribution >= 0.6 is 0 Å². The normalized spacial score (nSPS) is 43.8. The molecule has 10 atom stereocenters. The minimum atomic E-state index is -0.254. The number of nitrogens with one attached hydrogen (secondary N) is 1. The highest BCUT2D eigenvalue weighted by atomic mass is 35.5. The lowest BCUT2D eigenvalue weighted by Gasteiger charge is -2.62. The van der Waals surface area contributed by atoms with Crippen LogP contribution in [0.2, 0.25) is 0 Å². The van der Waals surface area contributed by atoms with Crippen LogP contribution in [0.15, 0.2) is 0 Å². The van der Waals surface area contributed by atoms with Crippen LogP contribution in [0.4, 0.5) is 0 Å². The van der Waals surface area contributed by atoms with Gasteiger partial charge in [0.15, 0.2) is 0 Å². The Hall–Kier alpha value is -0.360. The first-order valence-electron chi connectivity index (χ1n) is 14.3. The van der Waals surface area contributed by atoms with Crippen molar-refractivity contribution in [3.63, 3.8) is 0 Å². The molecule has 3 N–H and O–H groups in total. The summed E-state index contributed by atoms with van der Waals surface area (Å²) in [7, 11) is 6.47. The molecule has 4 fully saturated rings. The molecule has 35 heavy (non-hydrogen) atoms. The number of hydrogen-bond donors (Lipinski definition) is 3. The van der Waals surface area contributed by atoms with E-state index in [1.807, 2.05) is 0 Å². The molecule has 4 rings (SSSR count). The van der Waals surface area contributed by atoms with E-state index in [2.05, 4.69) is 47.2 Å². The van der Waals surface area contributed by atoms with Crippen molar-refractivity contribution < 1.29 is 31.9 Å². The molecule has 0 aromatic rings. The number of carbonyl (C=O) groups excluding carboxylic acids is 1. The van der Waals surface area contributed by atoms with Crippen LogP contribution in [0.3, 0.4) is 0 Å². The van der Waals surface area contributed by atoms with Crippen molar-refractivity contribution in [2.75, 3.05) is 34.2 Å². The number of amides is 1. The van der Waals surface area contributed by atoms with Crippen molar-refractivity contribution in [1.29, 1.82) is 0 Å². The van der Waals surface area contributed by atoms with Gasteiger partial charge in [-0.3, -0.25) is 4.79 Å². The number of halogens is 1. The van der Waals surface area contributed by atoms with E-state index < -0.39 is 0 Å². The molecule has 4 aliphatic rings. The van der Waals surface area contributed by atoms with E-state index in [1.54, 1.807) is 0 Å². The molecule has 0 aromatic carbocycles. The number of likely N-dealkylation sites (N-methyl/N-ethyl adjacent to an activating group) is 1. The summed E-state index contributed by atoms with van der Waals surface area (Å²) in [5.74, 6) is 3.77. The van der Waals surface area contributed by atoms with Crippen molar-refractivity contribution in [2.45, 2.75) is 97.2 Å². The Labute approximate surface area is 220 Å². The zero-order chi connectivity index (χ0) is 24.9. The number of nitrogens with zero attached hydrogens (tertiary/aromatic N) is 1. The van der Waals surface area contributed by atoms with Gasteiger partial charge in [0.2, 0.25) is 5.91 Å². The summed E-state index contributed by atoms with van der Waals surface area (Å²) in [4.78, 5) is 12.5. The largest absolute Gasteiger partial charge is 1.00 e. The number of quaternary nitrogens is 1. The highest BCUT2D eigenvalue weighted by Gasteiger charge is 2.62. The molecule has 4 aliphatic carbocycles. The Morgan fingerprint density at radius 1 is 0.971 bits per heavy atom. The molecule has 0 aromatic heterocycles. The van der Waals surface area contributed by atoms with Crippen molar-refractivity contribution in [3.05, 3.63) is 0 Å². The maximum Gasteiger partial charge on any atom is 0.220 e. The van der Waals surface area contributed by atoms with E-state index in [9.17, 15) is 15.0 Å². The van der Waals surface area contributed by atoms with Crippen LogP contribution < -0.4 is 17.7 Å². The van der Waals surface area contributed by atoms with Gasteiger partial charge in [-0.1, -0.05) is 20.8 Å². The molecule has 1 amide bonds. The lowest BCUT2D eigenvalue weighted by atomic mass is 9.44. The SMILES string of the molecule is C[C@H](CCC(=O)NCC[N+](C)(C)C)[C@H]1CC[C@H]2[C@@H]3C[C@H](O)[C@@H]4C[C@H](O)CC[C@]4(C)[C@H]3CC[C@]12C.[Cl-]. The lowest BCUT2D eigenvalue weighted by molar-refractivity contribution is -0.869. The number of hydrogen-bond acceptors (Lipinski definition) is 3. The number of carbonyl (C=O) groups is 1. The number of aliphatic hydroxyl groups is 2. The predicted octanol–water partition coefficient (Wildman–Crippen LogP) is 1.22. The summed E-state index contributed by atoms with van der Waals surface area (Å²) in [6.07, 6.45) is 10.0. The first kappa shape index (κ1) is 29.2. The van der Waals surface area contributed by atoms with Gasteiger partial charge in [-0.05, 0) is 104 Å². The Kier molecular flexibility index (Phi) is 9.00. The third kappa shape index (κ3) is 5.73. The van der Waals surface area contributed by atoms with Crippen molar-refractivity contribution in [3.8, 4) is 0 Å². The van der Waals surface area contributed by atoms with E-state index in [0.717, 1.165) is 49.7 Å². The first-order chi connectivity index (χ1) is 15.8. The topological polar surface area (TPSA) is 69.6 Å². The fourth-order valence-electron chi connectivity index (χ4n) is 9.43. The number of rotatable bonds is 7. The van der Waals surface area contributed by atoms with Crippen molar-refractivity contribution in [1.82, 2.24) is 5.32 Å². The van der Waals surface area contributed by atoms with Gasteiger partial charge in [-0.25, -0.2) is 0 Å². The first-order valence-corrected chi connectivity index (χ1v) is 14.3. The Morgan fingerprint density at radius 2 is 1.63 bits per heavy atom. The van der Waals surface area contributed by atoms with Crippen molar-refractivity contribution >= 4 is 5.91 Å². The zero-order valence-corrected chi connectivity index (χ0v) is 24.0. The Bertz CT molecular complexity index is 742. The van der Waals surface area contributed by atoms with Crippen molar-refractivity contribution in [2.24, 2.45) is 46.3 Å². The molecule has 6 heteroatoms. The maximum atomic E-state index is 12.5. The average Bonchev–Trinajstić information content (AvgIpc) is 3.10. The Morgan fingerprint density at radius 3 is 2.31 bits per heavy atom. The second-order valence-corrected chi connectivity index (χ2v) is 14.3. The van der Waals surface area contributed by atoms with E-state index >= 15 is 0 Å². The summed E-state index contributed by atoms with van der Waals surface area (Å²) < 4.78 is 0.871. The summed E-state index contributed by atoms with van der Waals surface area (Å²) in [6, 6.07) is 0. The van der Waals surface area contributed by atoms with E-state index in [4.69, 9.17) is 0 Å². The zero-order valence-electron chi connectivity index (χ0n) is 23.2. The Balaban J connectivity index is 0.00000342. The highest BCUT2D eigenvalue weighted by molar-refractivity contribution is 5.75. The van der Waals surface area contributed by atoms with Crippen LogP contribution in [0.5, 0.6) is 0 Å². The standard InChI is InChI=1S/C29H52N2O3.ClH/c1-19(7-10-27(34)30-15-16-31(4,5)6)22-8-9-23-21-18-26(33)25-17-20(32)11-13-29(25,3)24(21)12-14-28(22,23)2;/h19-26,32-33H,7-18H2,1-6H3;1H/t19-,20-,21+,22-,23+,24+,25+,26+,28-,29-;/m1./s1. The molecule has 0 bridgehead atoms. The molecule has 0 unspecified atom stereocenters. The third-order valence-electron chi connectivity index (χ3n) is 11.3. The molecular weight excluding hydrogens is 460 g/mol. The van der Waals surface area contributed by atoms with Crippen LogP contribution in [0, 0.1) is 46.3 Å². The van der Waals surface area contributed by atoms with Gasteiger partial charge in [0.25, 0.3) is 0 Å². The fraction of sp³-hybridized carbons (Fsp3) is 0.966. The summed E-state index contributed by atoms with van der Waals surface area (Å²) in [6.45, 7) is 9.09. The third-order valence-corrected chi connectivity index (χ3v) is 11.3. The number of aliphatic hydroxyl groups excluding tert-OH is 2. The smallest absolute Gasteiger partial charge is 0.220 e. The summed E-state index contributed by atoms with van der Waals surface area (Å²) in [5, 5.41) is 24.6. The van der Waals surface area contributed by atoms with Gasteiger partial charge in [0, 0.05) is 6.42 Å². The predicted molar refractivity (Wildman–Crippen MR) is 137 cm³/mol. The van der Waals surface area contributed by atoms with Gasteiger partial charge in [-0.2, -0.15) is 0 Å². The van der Waals surface area contributed by atoms with Crippen LogP contribution in [-0.4, -0.2) is 67.0 Å². The van der Waals surface area contributed by atoms with Gasteiger partial charge in [-0.15, -0.1) is 0 Å². The van der Waals surface area contributed by atoms with Gasteiger partial charge < -0.3 is 32.4 Å². The van der Waals surface area contributed by atoms with Gasteiger partial charge in [0.1, 0.15) is 0 Å². The minimum absolute atomic E-state index is 0. The summed E-state index contributed by atoms with van der Waals surface area (Å²) in [5.41, 5.74) is 0.536. The quantitative estimate of drug-likeness (QED) is 0.449. The molecule has 0 heterocycles. The van der Waals surface area contributed by atoms with E-state index in [0.29, 0.717) is 41.4 Å². The lowest BCUT2D eigenvalue weighted by Crippen LogP contribution is -3.00. The average molecular weight is 513 g/mol.